The van der Waals surface area contributed by atoms with Crippen molar-refractivity contribution in [2.75, 3.05) is 26.0 Å². The van der Waals surface area contributed by atoms with E-state index < -0.39 is 0 Å². The molecule has 4 heteroatoms. The summed E-state index contributed by atoms with van der Waals surface area (Å²) in [7, 11) is 3.56. The van der Waals surface area contributed by atoms with E-state index in [-0.39, 0.29) is 5.91 Å². The fourth-order valence-electron chi connectivity index (χ4n) is 1.13. The molecule has 0 aromatic carbocycles. The van der Waals surface area contributed by atoms with E-state index >= 15 is 0 Å². The molecule has 0 saturated carbocycles. The molecule has 1 heterocycles. The first-order chi connectivity index (χ1) is 6.70. The van der Waals surface area contributed by atoms with Gasteiger partial charge in [-0.1, -0.05) is 0 Å². The number of rotatable bonds is 3. The van der Waals surface area contributed by atoms with Gasteiger partial charge in [-0.3, -0.25) is 9.78 Å². The second-order valence-electron chi connectivity index (χ2n) is 2.99. The quantitative estimate of drug-likeness (QED) is 0.785. The molecule has 0 unspecified atom stereocenters. The lowest BCUT2D eigenvalue weighted by molar-refractivity contribution is 0.0803. The fourth-order valence-corrected chi connectivity index (χ4v) is 1.13. The number of aromatic nitrogens is 1. The Bertz CT molecular complexity index is 325. The highest BCUT2D eigenvalue weighted by molar-refractivity contribution is 5.99. The molecule has 1 amide bonds. The van der Waals surface area contributed by atoms with Crippen LogP contribution < -0.4 is 5.32 Å². The molecule has 0 fully saturated rings. The van der Waals surface area contributed by atoms with Crippen LogP contribution in [0, 0.1) is 0 Å². The Morgan fingerprint density at radius 2 is 2.36 bits per heavy atom. The largest absolute Gasteiger partial charge is 0.386 e. The van der Waals surface area contributed by atoms with Crippen LogP contribution in [0.3, 0.4) is 0 Å². The fraction of sp³-hybridized carbons (Fsp3) is 0.400. The lowest BCUT2D eigenvalue weighted by atomic mass is 10.2. The van der Waals surface area contributed by atoms with Gasteiger partial charge in [0.25, 0.3) is 5.91 Å². The molecule has 1 aromatic rings. The SMILES string of the molecule is CCN(C)C(=O)c1ccncc1NC. The third-order valence-corrected chi connectivity index (χ3v) is 2.14. The van der Waals surface area contributed by atoms with Crippen molar-refractivity contribution in [3.05, 3.63) is 24.0 Å². The average molecular weight is 193 g/mol. The lowest BCUT2D eigenvalue weighted by Gasteiger charge is -2.16. The molecule has 1 rings (SSSR count). The van der Waals surface area contributed by atoms with Crippen LogP contribution in [-0.4, -0.2) is 36.4 Å². The zero-order chi connectivity index (χ0) is 10.6. The van der Waals surface area contributed by atoms with Gasteiger partial charge < -0.3 is 10.2 Å². The third kappa shape index (κ3) is 2.02. The highest BCUT2D eigenvalue weighted by atomic mass is 16.2. The van der Waals surface area contributed by atoms with E-state index in [9.17, 15) is 4.79 Å². The van der Waals surface area contributed by atoms with Crippen molar-refractivity contribution >= 4 is 11.6 Å². The Labute approximate surface area is 83.9 Å². The molecule has 0 aliphatic heterocycles. The summed E-state index contributed by atoms with van der Waals surface area (Å²) in [6.45, 7) is 2.64. The minimum atomic E-state index is 0.0132. The van der Waals surface area contributed by atoms with Gasteiger partial charge in [-0.05, 0) is 13.0 Å². The topological polar surface area (TPSA) is 45.2 Å². The van der Waals surface area contributed by atoms with Gasteiger partial charge in [0.2, 0.25) is 0 Å². The summed E-state index contributed by atoms with van der Waals surface area (Å²) in [5.74, 6) is 0.0132. The van der Waals surface area contributed by atoms with E-state index in [1.54, 1.807) is 37.5 Å². The minimum Gasteiger partial charge on any atom is -0.386 e. The van der Waals surface area contributed by atoms with E-state index in [1.807, 2.05) is 6.92 Å². The Kier molecular flexibility index (Phi) is 3.45. The average Bonchev–Trinajstić information content (AvgIpc) is 2.26. The number of nitrogens with one attached hydrogen (secondary N) is 1. The number of nitrogens with zero attached hydrogens (tertiary/aromatic N) is 2. The van der Waals surface area contributed by atoms with Crippen LogP contribution >= 0.6 is 0 Å². The predicted octanol–water partition coefficient (Wildman–Crippen LogP) is 1.22. The molecule has 1 N–H and O–H groups in total. The summed E-state index contributed by atoms with van der Waals surface area (Å²) in [6, 6.07) is 1.72. The Morgan fingerprint density at radius 3 is 2.93 bits per heavy atom. The van der Waals surface area contributed by atoms with Gasteiger partial charge in [0.05, 0.1) is 17.4 Å². The standard InChI is InChI=1S/C10H15N3O/c1-4-13(3)10(14)8-5-6-12-7-9(8)11-2/h5-7,11H,4H2,1-3H3. The first kappa shape index (κ1) is 10.5. The molecule has 0 atom stereocenters. The summed E-state index contributed by atoms with van der Waals surface area (Å²) in [5, 5.41) is 2.95. The maximum absolute atomic E-state index is 11.8. The molecule has 0 radical (unpaired) electrons. The second kappa shape index (κ2) is 4.60. The van der Waals surface area contributed by atoms with E-state index in [1.165, 1.54) is 0 Å². The zero-order valence-corrected chi connectivity index (χ0v) is 8.74. The van der Waals surface area contributed by atoms with Crippen molar-refractivity contribution in [2.45, 2.75) is 6.92 Å². The van der Waals surface area contributed by atoms with Crippen molar-refractivity contribution in [2.24, 2.45) is 0 Å². The van der Waals surface area contributed by atoms with Gasteiger partial charge in [0.1, 0.15) is 0 Å². The van der Waals surface area contributed by atoms with Gasteiger partial charge in [-0.15, -0.1) is 0 Å². The number of pyridine rings is 1. The van der Waals surface area contributed by atoms with E-state index in [4.69, 9.17) is 0 Å². The summed E-state index contributed by atoms with van der Waals surface area (Å²) in [6.07, 6.45) is 3.27. The molecule has 14 heavy (non-hydrogen) atoms. The van der Waals surface area contributed by atoms with Crippen molar-refractivity contribution in [1.82, 2.24) is 9.88 Å². The third-order valence-electron chi connectivity index (χ3n) is 2.14. The number of hydrogen-bond donors (Lipinski definition) is 1. The maximum Gasteiger partial charge on any atom is 0.255 e. The monoisotopic (exact) mass is 193 g/mol. The lowest BCUT2D eigenvalue weighted by Crippen LogP contribution is -2.26. The first-order valence-corrected chi connectivity index (χ1v) is 4.58. The van der Waals surface area contributed by atoms with Crippen molar-refractivity contribution < 1.29 is 4.79 Å². The van der Waals surface area contributed by atoms with Crippen LogP contribution in [0.5, 0.6) is 0 Å². The molecule has 0 aliphatic carbocycles. The van der Waals surface area contributed by atoms with E-state index in [2.05, 4.69) is 10.3 Å². The summed E-state index contributed by atoms with van der Waals surface area (Å²) < 4.78 is 0. The van der Waals surface area contributed by atoms with Gasteiger partial charge >= 0.3 is 0 Å². The second-order valence-corrected chi connectivity index (χ2v) is 2.99. The smallest absolute Gasteiger partial charge is 0.255 e. The van der Waals surface area contributed by atoms with Crippen LogP contribution in [0.25, 0.3) is 0 Å². The summed E-state index contributed by atoms with van der Waals surface area (Å²) >= 11 is 0. The molecular formula is C10H15N3O. The number of anilines is 1. The van der Waals surface area contributed by atoms with E-state index in [0.717, 1.165) is 5.69 Å². The first-order valence-electron chi connectivity index (χ1n) is 4.58. The Hall–Kier alpha value is -1.58. The predicted molar refractivity (Wildman–Crippen MR) is 56.4 cm³/mol. The number of amides is 1. The Morgan fingerprint density at radius 1 is 1.64 bits per heavy atom. The number of hydrogen-bond acceptors (Lipinski definition) is 3. The summed E-state index contributed by atoms with van der Waals surface area (Å²) in [5.41, 5.74) is 1.42. The van der Waals surface area contributed by atoms with Gasteiger partial charge in [0, 0.05) is 26.8 Å². The molecule has 76 valence electrons. The molecule has 0 spiro atoms. The number of carbonyl (C=O) groups is 1. The van der Waals surface area contributed by atoms with Crippen LogP contribution in [0.2, 0.25) is 0 Å². The molecule has 0 aliphatic rings. The zero-order valence-electron chi connectivity index (χ0n) is 8.74. The normalized spacial score (nSPS) is 9.64. The van der Waals surface area contributed by atoms with Crippen molar-refractivity contribution in [3.63, 3.8) is 0 Å². The van der Waals surface area contributed by atoms with Gasteiger partial charge in [-0.2, -0.15) is 0 Å². The highest BCUT2D eigenvalue weighted by Crippen LogP contribution is 2.14. The molecule has 0 bridgehead atoms. The van der Waals surface area contributed by atoms with Crippen LogP contribution in [0.1, 0.15) is 17.3 Å². The van der Waals surface area contributed by atoms with E-state index in [0.29, 0.717) is 12.1 Å². The summed E-state index contributed by atoms with van der Waals surface area (Å²) in [4.78, 5) is 17.4. The highest BCUT2D eigenvalue weighted by Gasteiger charge is 2.13. The van der Waals surface area contributed by atoms with Gasteiger partial charge in [0.15, 0.2) is 0 Å². The minimum absolute atomic E-state index is 0.0132. The van der Waals surface area contributed by atoms with Crippen molar-refractivity contribution in [1.29, 1.82) is 0 Å². The molecule has 0 saturated heterocycles. The Balaban J connectivity index is 3.00. The number of carbonyl (C=O) groups excluding carboxylic acids is 1. The van der Waals surface area contributed by atoms with Crippen LogP contribution in [-0.2, 0) is 0 Å². The van der Waals surface area contributed by atoms with Crippen LogP contribution in [0.15, 0.2) is 18.5 Å². The van der Waals surface area contributed by atoms with Gasteiger partial charge in [-0.25, -0.2) is 0 Å². The molecule has 1 aromatic heterocycles. The molecular weight excluding hydrogens is 178 g/mol. The van der Waals surface area contributed by atoms with Crippen molar-refractivity contribution in [3.8, 4) is 0 Å². The maximum atomic E-state index is 11.8. The van der Waals surface area contributed by atoms with Crippen LogP contribution in [0.4, 0.5) is 5.69 Å². The molecule has 4 nitrogen and oxygen atoms in total.